The van der Waals surface area contributed by atoms with Gasteiger partial charge in [0.2, 0.25) is 0 Å². The van der Waals surface area contributed by atoms with E-state index in [0.717, 1.165) is 18.3 Å². The van der Waals surface area contributed by atoms with Crippen LogP contribution in [0.1, 0.15) is 33.6 Å². The molecule has 0 radical (unpaired) electrons. The second kappa shape index (κ2) is 3.21. The third-order valence-corrected chi connectivity index (χ3v) is 2.65. The number of hydrogen-bond acceptors (Lipinski definition) is 1. The normalized spacial score (nSPS) is 24.9. The molecule has 0 spiro atoms. The van der Waals surface area contributed by atoms with Crippen LogP contribution in [0.2, 0.25) is 0 Å². The highest BCUT2D eigenvalue weighted by Gasteiger charge is 2.24. The van der Waals surface area contributed by atoms with Crippen LogP contribution in [-0.4, -0.2) is 6.29 Å². The first-order chi connectivity index (χ1) is 5.16. The quantitative estimate of drug-likeness (QED) is 0.556. The van der Waals surface area contributed by atoms with Crippen molar-refractivity contribution in [2.24, 2.45) is 11.8 Å². The maximum absolute atomic E-state index is 10.7. The minimum atomic E-state index is 0.535. The summed E-state index contributed by atoms with van der Waals surface area (Å²) in [6.07, 6.45) is 3.35. The van der Waals surface area contributed by atoms with Crippen molar-refractivity contribution in [1.29, 1.82) is 0 Å². The van der Waals surface area contributed by atoms with Crippen LogP contribution in [0, 0.1) is 11.8 Å². The van der Waals surface area contributed by atoms with Crippen LogP contribution in [0.15, 0.2) is 11.1 Å². The first-order valence-corrected chi connectivity index (χ1v) is 4.31. The van der Waals surface area contributed by atoms with E-state index in [4.69, 9.17) is 0 Å². The van der Waals surface area contributed by atoms with Gasteiger partial charge in [0.05, 0.1) is 0 Å². The van der Waals surface area contributed by atoms with Gasteiger partial charge in [0.25, 0.3) is 0 Å². The Labute approximate surface area is 68.5 Å². The average Bonchev–Trinajstić information content (AvgIpc) is 2.30. The van der Waals surface area contributed by atoms with Gasteiger partial charge in [-0.1, -0.05) is 19.4 Å². The van der Waals surface area contributed by atoms with Crippen molar-refractivity contribution in [1.82, 2.24) is 0 Å². The van der Waals surface area contributed by atoms with Crippen LogP contribution in [0.5, 0.6) is 0 Å². The summed E-state index contributed by atoms with van der Waals surface area (Å²) in [6, 6.07) is 0. The van der Waals surface area contributed by atoms with Gasteiger partial charge in [0.1, 0.15) is 6.29 Å². The minimum Gasteiger partial charge on any atom is -0.298 e. The fourth-order valence-corrected chi connectivity index (χ4v) is 1.87. The Balaban J connectivity index is 2.80. The lowest BCUT2D eigenvalue weighted by molar-refractivity contribution is -0.105. The molecule has 0 aliphatic heterocycles. The SMILES string of the molecule is CC1=C(C=O)C(C(C)C)CC1. The van der Waals surface area contributed by atoms with Crippen molar-refractivity contribution < 1.29 is 4.79 Å². The molecular formula is C10H16O. The van der Waals surface area contributed by atoms with Gasteiger partial charge in [-0.3, -0.25) is 4.79 Å². The fourth-order valence-electron chi connectivity index (χ4n) is 1.87. The van der Waals surface area contributed by atoms with Gasteiger partial charge in [-0.05, 0) is 37.2 Å². The van der Waals surface area contributed by atoms with Gasteiger partial charge >= 0.3 is 0 Å². The Morgan fingerprint density at radius 1 is 1.55 bits per heavy atom. The Bertz CT molecular complexity index is 189. The topological polar surface area (TPSA) is 17.1 Å². The summed E-state index contributed by atoms with van der Waals surface area (Å²) in [5, 5.41) is 0. The van der Waals surface area contributed by atoms with E-state index in [0.29, 0.717) is 11.8 Å². The Kier molecular flexibility index (Phi) is 2.48. The van der Waals surface area contributed by atoms with Gasteiger partial charge in [0.15, 0.2) is 0 Å². The van der Waals surface area contributed by atoms with Crippen LogP contribution < -0.4 is 0 Å². The molecule has 0 saturated heterocycles. The molecule has 1 nitrogen and oxygen atoms in total. The van der Waals surface area contributed by atoms with Crippen molar-refractivity contribution >= 4 is 6.29 Å². The monoisotopic (exact) mass is 152 g/mol. The maximum atomic E-state index is 10.7. The summed E-state index contributed by atoms with van der Waals surface area (Å²) >= 11 is 0. The highest BCUT2D eigenvalue weighted by molar-refractivity contribution is 5.76. The largest absolute Gasteiger partial charge is 0.298 e. The first-order valence-electron chi connectivity index (χ1n) is 4.31. The second-order valence-electron chi connectivity index (χ2n) is 3.74. The van der Waals surface area contributed by atoms with Gasteiger partial charge in [0, 0.05) is 0 Å². The summed E-state index contributed by atoms with van der Waals surface area (Å²) in [5.74, 6) is 1.15. The van der Waals surface area contributed by atoms with E-state index in [1.54, 1.807) is 0 Å². The number of carbonyl (C=O) groups is 1. The van der Waals surface area contributed by atoms with Crippen LogP contribution in [0.4, 0.5) is 0 Å². The van der Waals surface area contributed by atoms with E-state index >= 15 is 0 Å². The highest BCUT2D eigenvalue weighted by atomic mass is 16.1. The zero-order valence-corrected chi connectivity index (χ0v) is 7.55. The van der Waals surface area contributed by atoms with Crippen molar-refractivity contribution in [3.8, 4) is 0 Å². The summed E-state index contributed by atoms with van der Waals surface area (Å²) in [7, 11) is 0. The van der Waals surface area contributed by atoms with Crippen molar-refractivity contribution in [3.05, 3.63) is 11.1 Å². The Morgan fingerprint density at radius 3 is 2.55 bits per heavy atom. The molecular weight excluding hydrogens is 136 g/mol. The predicted octanol–water partition coefficient (Wildman–Crippen LogP) is 2.57. The average molecular weight is 152 g/mol. The molecule has 0 N–H and O–H groups in total. The third-order valence-electron chi connectivity index (χ3n) is 2.65. The second-order valence-corrected chi connectivity index (χ2v) is 3.74. The van der Waals surface area contributed by atoms with Crippen LogP contribution in [-0.2, 0) is 4.79 Å². The molecule has 0 bridgehead atoms. The minimum absolute atomic E-state index is 0.535. The molecule has 1 rings (SSSR count). The molecule has 0 aromatic rings. The fraction of sp³-hybridized carbons (Fsp3) is 0.700. The first kappa shape index (κ1) is 8.51. The van der Waals surface area contributed by atoms with E-state index in [1.807, 2.05) is 0 Å². The maximum Gasteiger partial charge on any atom is 0.146 e. The molecule has 1 aliphatic rings. The molecule has 0 aromatic heterocycles. The van der Waals surface area contributed by atoms with Crippen LogP contribution >= 0.6 is 0 Å². The van der Waals surface area contributed by atoms with Gasteiger partial charge < -0.3 is 0 Å². The lowest BCUT2D eigenvalue weighted by Gasteiger charge is -2.14. The summed E-state index contributed by atoms with van der Waals surface area (Å²) in [6.45, 7) is 6.45. The Morgan fingerprint density at radius 2 is 2.18 bits per heavy atom. The number of aldehydes is 1. The van der Waals surface area contributed by atoms with Gasteiger partial charge in [-0.2, -0.15) is 0 Å². The molecule has 1 atom stereocenters. The van der Waals surface area contributed by atoms with Gasteiger partial charge in [-0.25, -0.2) is 0 Å². The standard InChI is InChI=1S/C10H16O/c1-7(2)9-5-4-8(3)10(9)6-11/h6-7,9H,4-5H2,1-3H3. The molecule has 0 fully saturated rings. The summed E-state index contributed by atoms with van der Waals surface area (Å²) in [5.41, 5.74) is 2.37. The summed E-state index contributed by atoms with van der Waals surface area (Å²) < 4.78 is 0. The lowest BCUT2D eigenvalue weighted by Crippen LogP contribution is -2.08. The van der Waals surface area contributed by atoms with Crippen molar-refractivity contribution in [2.75, 3.05) is 0 Å². The lowest BCUT2D eigenvalue weighted by atomic mass is 9.90. The van der Waals surface area contributed by atoms with E-state index in [2.05, 4.69) is 20.8 Å². The number of rotatable bonds is 2. The van der Waals surface area contributed by atoms with E-state index in [9.17, 15) is 4.79 Å². The van der Waals surface area contributed by atoms with E-state index < -0.39 is 0 Å². The van der Waals surface area contributed by atoms with Gasteiger partial charge in [-0.15, -0.1) is 0 Å². The molecule has 0 amide bonds. The molecule has 1 aliphatic carbocycles. The summed E-state index contributed by atoms with van der Waals surface area (Å²) in [4.78, 5) is 10.7. The van der Waals surface area contributed by atoms with Crippen LogP contribution in [0.3, 0.4) is 0 Å². The Hall–Kier alpha value is -0.590. The smallest absolute Gasteiger partial charge is 0.146 e. The number of carbonyl (C=O) groups excluding carboxylic acids is 1. The predicted molar refractivity (Wildman–Crippen MR) is 46.3 cm³/mol. The zero-order chi connectivity index (χ0) is 8.43. The van der Waals surface area contributed by atoms with E-state index in [1.165, 1.54) is 12.0 Å². The molecule has 62 valence electrons. The zero-order valence-electron chi connectivity index (χ0n) is 7.55. The molecule has 0 heterocycles. The number of allylic oxidation sites excluding steroid dienone is 2. The highest BCUT2D eigenvalue weighted by Crippen LogP contribution is 2.35. The molecule has 1 unspecified atom stereocenters. The molecule has 0 aromatic carbocycles. The van der Waals surface area contributed by atoms with Crippen LogP contribution in [0.25, 0.3) is 0 Å². The number of hydrogen-bond donors (Lipinski definition) is 0. The van der Waals surface area contributed by atoms with Crippen molar-refractivity contribution in [2.45, 2.75) is 33.6 Å². The molecule has 0 saturated carbocycles. The molecule has 11 heavy (non-hydrogen) atoms. The van der Waals surface area contributed by atoms with E-state index in [-0.39, 0.29) is 0 Å². The third kappa shape index (κ3) is 1.52. The molecule has 1 heteroatoms. The van der Waals surface area contributed by atoms with Crippen molar-refractivity contribution in [3.63, 3.8) is 0 Å².